The van der Waals surface area contributed by atoms with Crippen LogP contribution in [-0.2, 0) is 5.75 Å². The maximum atomic E-state index is 13.0. The summed E-state index contributed by atoms with van der Waals surface area (Å²) in [6.45, 7) is 0.561. The topological polar surface area (TPSA) is 54.3 Å². The third-order valence-electron chi connectivity index (χ3n) is 2.75. The fourth-order valence-electron chi connectivity index (χ4n) is 1.69. The van der Waals surface area contributed by atoms with Crippen LogP contribution >= 0.6 is 23.4 Å². The van der Waals surface area contributed by atoms with Crippen molar-refractivity contribution in [3.63, 3.8) is 0 Å². The molecule has 1 heterocycles. The van der Waals surface area contributed by atoms with Crippen LogP contribution in [0.15, 0.2) is 41.0 Å². The van der Waals surface area contributed by atoms with E-state index >= 15 is 0 Å². The quantitative estimate of drug-likeness (QED) is 0.727. The number of amides is 2. The fraction of sp³-hybridized carbons (Fsp3) is 0.267. The highest BCUT2D eigenvalue weighted by molar-refractivity contribution is 7.98. The SMILES string of the molecule is O=C(NCCCSCc1ccco1)Nc1ccc(F)c(Cl)c1. The zero-order valence-electron chi connectivity index (χ0n) is 11.8. The third-order valence-corrected chi connectivity index (χ3v) is 4.11. The van der Waals surface area contributed by atoms with Crippen LogP contribution < -0.4 is 10.6 Å². The summed E-state index contributed by atoms with van der Waals surface area (Å²) in [6, 6.07) is 7.51. The van der Waals surface area contributed by atoms with Crippen LogP contribution in [0.25, 0.3) is 0 Å². The lowest BCUT2D eigenvalue weighted by molar-refractivity contribution is 0.252. The van der Waals surface area contributed by atoms with Crippen LogP contribution in [0.2, 0.25) is 5.02 Å². The van der Waals surface area contributed by atoms with Gasteiger partial charge >= 0.3 is 6.03 Å². The zero-order chi connectivity index (χ0) is 15.8. The second kappa shape index (κ2) is 8.70. The summed E-state index contributed by atoms with van der Waals surface area (Å²) in [5.74, 6) is 2.18. The Morgan fingerprint density at radius 2 is 2.23 bits per heavy atom. The summed E-state index contributed by atoms with van der Waals surface area (Å²) in [5.41, 5.74) is 0.455. The van der Waals surface area contributed by atoms with Crippen LogP contribution in [0.4, 0.5) is 14.9 Å². The molecular formula is C15H16ClFN2O2S. The number of carbonyl (C=O) groups excluding carboxylic acids is 1. The predicted molar refractivity (Wildman–Crippen MR) is 87.9 cm³/mol. The van der Waals surface area contributed by atoms with Gasteiger partial charge in [-0.25, -0.2) is 9.18 Å². The van der Waals surface area contributed by atoms with Crippen molar-refractivity contribution < 1.29 is 13.6 Å². The van der Waals surface area contributed by atoms with Gasteiger partial charge in [0.25, 0.3) is 0 Å². The summed E-state index contributed by atoms with van der Waals surface area (Å²) >= 11 is 7.39. The monoisotopic (exact) mass is 342 g/mol. The summed E-state index contributed by atoms with van der Waals surface area (Å²) < 4.78 is 18.2. The Balaban J connectivity index is 1.58. The molecule has 0 aliphatic heterocycles. The molecule has 0 saturated heterocycles. The van der Waals surface area contributed by atoms with Crippen molar-refractivity contribution in [2.75, 3.05) is 17.6 Å². The summed E-state index contributed by atoms with van der Waals surface area (Å²) in [4.78, 5) is 11.6. The molecule has 0 unspecified atom stereocenters. The van der Waals surface area contributed by atoms with Crippen molar-refractivity contribution >= 4 is 35.1 Å². The smallest absolute Gasteiger partial charge is 0.319 e. The number of benzene rings is 1. The van der Waals surface area contributed by atoms with Crippen LogP contribution in [0.5, 0.6) is 0 Å². The minimum absolute atomic E-state index is 0.0212. The molecule has 2 aromatic rings. The molecule has 0 atom stereocenters. The first-order chi connectivity index (χ1) is 10.6. The molecule has 4 nitrogen and oxygen atoms in total. The van der Waals surface area contributed by atoms with E-state index in [1.807, 2.05) is 12.1 Å². The maximum Gasteiger partial charge on any atom is 0.319 e. The van der Waals surface area contributed by atoms with Gasteiger partial charge in [0.1, 0.15) is 11.6 Å². The van der Waals surface area contributed by atoms with Gasteiger partial charge in [-0.3, -0.25) is 0 Å². The van der Waals surface area contributed by atoms with E-state index in [2.05, 4.69) is 10.6 Å². The molecule has 0 fully saturated rings. The molecule has 2 N–H and O–H groups in total. The van der Waals surface area contributed by atoms with Crippen LogP contribution in [0, 0.1) is 5.82 Å². The van der Waals surface area contributed by atoms with E-state index in [9.17, 15) is 9.18 Å². The highest BCUT2D eigenvalue weighted by Gasteiger charge is 2.04. The second-order valence-electron chi connectivity index (χ2n) is 4.50. The van der Waals surface area contributed by atoms with Crippen molar-refractivity contribution in [3.8, 4) is 0 Å². The van der Waals surface area contributed by atoms with Crippen LogP contribution in [0.1, 0.15) is 12.2 Å². The van der Waals surface area contributed by atoms with Gasteiger partial charge in [-0.2, -0.15) is 11.8 Å². The molecule has 0 saturated carbocycles. The number of hydrogen-bond acceptors (Lipinski definition) is 3. The molecule has 1 aromatic carbocycles. The van der Waals surface area contributed by atoms with E-state index in [0.717, 1.165) is 23.7 Å². The van der Waals surface area contributed by atoms with Crippen molar-refractivity contribution in [3.05, 3.63) is 53.2 Å². The van der Waals surface area contributed by atoms with Crippen molar-refractivity contribution in [1.82, 2.24) is 5.32 Å². The first-order valence-electron chi connectivity index (χ1n) is 6.75. The van der Waals surface area contributed by atoms with Crippen molar-refractivity contribution in [1.29, 1.82) is 0 Å². The highest BCUT2D eigenvalue weighted by atomic mass is 35.5. The Morgan fingerprint density at radius 1 is 1.36 bits per heavy atom. The lowest BCUT2D eigenvalue weighted by Crippen LogP contribution is -2.29. The average Bonchev–Trinajstić information content (AvgIpc) is 3.00. The molecule has 118 valence electrons. The predicted octanol–water partition coefficient (Wildman–Crippen LogP) is 4.52. The van der Waals surface area contributed by atoms with Gasteiger partial charge in [-0.15, -0.1) is 0 Å². The Kier molecular flexibility index (Phi) is 6.61. The van der Waals surface area contributed by atoms with Gasteiger partial charge < -0.3 is 15.1 Å². The Bertz CT molecular complexity index is 608. The molecule has 7 heteroatoms. The Hall–Kier alpha value is -1.66. The first-order valence-corrected chi connectivity index (χ1v) is 8.28. The lowest BCUT2D eigenvalue weighted by Gasteiger charge is -2.08. The minimum atomic E-state index is -0.513. The largest absolute Gasteiger partial charge is 0.468 e. The first kappa shape index (κ1) is 16.7. The molecule has 22 heavy (non-hydrogen) atoms. The van der Waals surface area contributed by atoms with Gasteiger partial charge in [0.2, 0.25) is 0 Å². The fourth-order valence-corrected chi connectivity index (χ4v) is 2.73. The maximum absolute atomic E-state index is 13.0. The molecule has 0 spiro atoms. The number of halogens is 2. The van der Waals surface area contributed by atoms with Gasteiger partial charge in [-0.05, 0) is 42.5 Å². The van der Waals surface area contributed by atoms with Gasteiger partial charge in [0.15, 0.2) is 0 Å². The number of furan rings is 1. The molecular weight excluding hydrogens is 327 g/mol. The van der Waals surface area contributed by atoms with Crippen LogP contribution in [-0.4, -0.2) is 18.3 Å². The van der Waals surface area contributed by atoms with E-state index in [-0.39, 0.29) is 11.1 Å². The summed E-state index contributed by atoms with van der Waals surface area (Å²) in [6.07, 6.45) is 2.51. The normalized spacial score (nSPS) is 10.5. The number of thioether (sulfide) groups is 1. The van der Waals surface area contributed by atoms with E-state index in [1.165, 1.54) is 18.2 Å². The summed E-state index contributed by atoms with van der Waals surface area (Å²) in [7, 11) is 0. The van der Waals surface area contributed by atoms with Crippen molar-refractivity contribution in [2.45, 2.75) is 12.2 Å². The molecule has 2 amide bonds. The minimum Gasteiger partial charge on any atom is -0.468 e. The van der Waals surface area contributed by atoms with E-state index in [4.69, 9.17) is 16.0 Å². The molecule has 0 bridgehead atoms. The molecule has 0 radical (unpaired) electrons. The van der Waals surface area contributed by atoms with E-state index in [1.54, 1.807) is 18.0 Å². The van der Waals surface area contributed by atoms with E-state index in [0.29, 0.717) is 12.2 Å². The molecule has 0 aliphatic carbocycles. The second-order valence-corrected chi connectivity index (χ2v) is 6.01. The number of carbonyl (C=O) groups is 1. The highest BCUT2D eigenvalue weighted by Crippen LogP contribution is 2.19. The number of nitrogens with one attached hydrogen (secondary N) is 2. The number of rotatable bonds is 7. The molecule has 1 aromatic heterocycles. The average molecular weight is 343 g/mol. The van der Waals surface area contributed by atoms with Gasteiger partial charge in [0.05, 0.1) is 17.0 Å². The summed E-state index contributed by atoms with van der Waals surface area (Å²) in [5, 5.41) is 5.31. The number of hydrogen-bond donors (Lipinski definition) is 2. The standard InChI is InChI=1S/C15H16ClFN2O2S/c16-13-9-11(4-5-14(13)17)19-15(20)18-6-2-8-22-10-12-3-1-7-21-12/h1,3-5,7,9H,2,6,8,10H2,(H2,18,19,20). The molecule has 2 rings (SSSR count). The van der Waals surface area contributed by atoms with Crippen molar-refractivity contribution in [2.24, 2.45) is 0 Å². The Morgan fingerprint density at radius 3 is 2.95 bits per heavy atom. The number of anilines is 1. The lowest BCUT2D eigenvalue weighted by atomic mass is 10.3. The van der Waals surface area contributed by atoms with Gasteiger partial charge in [0, 0.05) is 12.2 Å². The van der Waals surface area contributed by atoms with Gasteiger partial charge in [-0.1, -0.05) is 11.6 Å². The van der Waals surface area contributed by atoms with Crippen LogP contribution in [0.3, 0.4) is 0 Å². The molecule has 0 aliphatic rings. The zero-order valence-corrected chi connectivity index (χ0v) is 13.3. The third kappa shape index (κ3) is 5.61. The van der Waals surface area contributed by atoms with E-state index < -0.39 is 5.82 Å². The Labute approximate surface area is 137 Å². The number of urea groups is 1.